The zero-order valence-electron chi connectivity index (χ0n) is 15.0. The first-order valence-corrected chi connectivity index (χ1v) is 8.03. The fourth-order valence-corrected chi connectivity index (χ4v) is 2.67. The summed E-state index contributed by atoms with van der Waals surface area (Å²) in [5.74, 6) is -1.99. The van der Waals surface area contributed by atoms with Crippen LogP contribution in [0.1, 0.15) is 50.7 Å². The van der Waals surface area contributed by atoms with Crippen molar-refractivity contribution < 1.29 is 29.0 Å². The van der Waals surface area contributed by atoms with E-state index in [9.17, 15) is 19.5 Å². The lowest BCUT2D eigenvalue weighted by atomic mass is 10.1. The van der Waals surface area contributed by atoms with Gasteiger partial charge in [-0.15, -0.1) is 0 Å². The van der Waals surface area contributed by atoms with Crippen LogP contribution < -0.4 is 0 Å². The molecule has 1 heterocycles. The molecule has 7 nitrogen and oxygen atoms in total. The number of ketones is 1. The molecule has 0 aliphatic heterocycles. The number of hydrogen-bond acceptors (Lipinski definition) is 6. The standard InChI is InChI=1S/C19H21NO6/c1-10-14(18(23)25-4)11(2)20-15(10)16(21)12(3)26-19(24)17(22)13-8-6-5-7-9-13/h5-9,12,17,20,22H,1-4H3/t12-,17-/m1/s1. The minimum Gasteiger partial charge on any atom is -0.465 e. The highest BCUT2D eigenvalue weighted by atomic mass is 16.6. The normalized spacial score (nSPS) is 13.0. The number of aromatic nitrogens is 1. The van der Waals surface area contributed by atoms with Gasteiger partial charge in [-0.3, -0.25) is 4.79 Å². The maximum absolute atomic E-state index is 12.6. The summed E-state index contributed by atoms with van der Waals surface area (Å²) in [5, 5.41) is 10.0. The van der Waals surface area contributed by atoms with Crippen molar-refractivity contribution in [1.29, 1.82) is 0 Å². The average molecular weight is 359 g/mol. The summed E-state index contributed by atoms with van der Waals surface area (Å²) in [6, 6.07) is 8.28. The zero-order chi connectivity index (χ0) is 19.4. The van der Waals surface area contributed by atoms with E-state index in [1.54, 1.807) is 44.2 Å². The number of ether oxygens (including phenoxy) is 2. The lowest BCUT2D eigenvalue weighted by Gasteiger charge is -2.15. The fourth-order valence-electron chi connectivity index (χ4n) is 2.67. The second-order valence-electron chi connectivity index (χ2n) is 5.87. The Morgan fingerprint density at radius 3 is 2.31 bits per heavy atom. The Morgan fingerprint density at radius 2 is 1.73 bits per heavy atom. The highest BCUT2D eigenvalue weighted by Gasteiger charge is 2.29. The number of Topliss-reactive ketones (excluding diaryl/α,β-unsaturated/α-hetero) is 1. The smallest absolute Gasteiger partial charge is 0.340 e. The predicted octanol–water partition coefficient (Wildman–Crippen LogP) is 2.27. The molecule has 138 valence electrons. The number of benzene rings is 1. The molecule has 0 unspecified atom stereocenters. The van der Waals surface area contributed by atoms with Crippen molar-refractivity contribution in [2.24, 2.45) is 0 Å². The molecule has 0 aliphatic rings. The van der Waals surface area contributed by atoms with Gasteiger partial charge >= 0.3 is 11.9 Å². The molecule has 0 fully saturated rings. The van der Waals surface area contributed by atoms with E-state index in [1.165, 1.54) is 14.0 Å². The van der Waals surface area contributed by atoms with E-state index in [-0.39, 0.29) is 11.3 Å². The quantitative estimate of drug-likeness (QED) is 0.605. The molecule has 2 aromatic rings. The highest BCUT2D eigenvalue weighted by Crippen LogP contribution is 2.22. The lowest BCUT2D eigenvalue weighted by Crippen LogP contribution is -2.28. The molecule has 0 spiro atoms. The van der Waals surface area contributed by atoms with E-state index in [0.29, 0.717) is 16.8 Å². The summed E-state index contributed by atoms with van der Waals surface area (Å²) in [7, 11) is 1.26. The van der Waals surface area contributed by atoms with E-state index >= 15 is 0 Å². The Bertz CT molecular complexity index is 824. The molecule has 2 N–H and O–H groups in total. The number of nitrogens with one attached hydrogen (secondary N) is 1. The first-order chi connectivity index (χ1) is 12.3. The summed E-state index contributed by atoms with van der Waals surface area (Å²) in [6.45, 7) is 4.66. The van der Waals surface area contributed by atoms with E-state index in [1.807, 2.05) is 0 Å². The van der Waals surface area contributed by atoms with Gasteiger partial charge in [0.2, 0.25) is 5.78 Å². The molecular weight excluding hydrogens is 338 g/mol. The van der Waals surface area contributed by atoms with Gasteiger partial charge in [-0.05, 0) is 31.9 Å². The SMILES string of the molecule is COC(=O)c1c(C)[nH]c(C(=O)[C@@H](C)OC(=O)[C@H](O)c2ccccc2)c1C. The maximum Gasteiger partial charge on any atom is 0.340 e. The molecule has 26 heavy (non-hydrogen) atoms. The molecule has 2 atom stereocenters. The molecule has 2 rings (SSSR count). The van der Waals surface area contributed by atoms with Gasteiger partial charge in [-0.1, -0.05) is 30.3 Å². The number of esters is 2. The van der Waals surface area contributed by atoms with E-state index in [0.717, 1.165) is 0 Å². The number of rotatable bonds is 6. The van der Waals surface area contributed by atoms with Gasteiger partial charge in [-0.25, -0.2) is 9.59 Å². The number of aliphatic hydroxyl groups excluding tert-OH is 1. The van der Waals surface area contributed by atoms with Crippen LogP contribution in [-0.2, 0) is 14.3 Å². The first-order valence-electron chi connectivity index (χ1n) is 8.03. The second-order valence-corrected chi connectivity index (χ2v) is 5.87. The third kappa shape index (κ3) is 3.83. The summed E-state index contributed by atoms with van der Waals surface area (Å²) in [6.07, 6.45) is -2.62. The highest BCUT2D eigenvalue weighted by molar-refractivity contribution is 6.04. The van der Waals surface area contributed by atoms with Gasteiger partial charge in [0.1, 0.15) is 0 Å². The van der Waals surface area contributed by atoms with Crippen LogP contribution in [0.3, 0.4) is 0 Å². The first kappa shape index (κ1) is 19.4. The van der Waals surface area contributed by atoms with Crippen LogP contribution in [0.2, 0.25) is 0 Å². The minimum absolute atomic E-state index is 0.164. The number of H-pyrrole nitrogens is 1. The van der Waals surface area contributed by atoms with Crippen LogP contribution in [0, 0.1) is 13.8 Å². The number of carbonyl (C=O) groups is 3. The Kier molecular flexibility index (Phi) is 5.94. The molecule has 7 heteroatoms. The molecule has 0 aliphatic carbocycles. The van der Waals surface area contributed by atoms with Gasteiger partial charge in [-0.2, -0.15) is 0 Å². The Morgan fingerprint density at radius 1 is 1.12 bits per heavy atom. The summed E-state index contributed by atoms with van der Waals surface area (Å²) in [4.78, 5) is 39.3. The summed E-state index contributed by atoms with van der Waals surface area (Å²) < 4.78 is 9.81. The molecule has 0 amide bonds. The van der Waals surface area contributed by atoms with Gasteiger partial charge < -0.3 is 19.6 Å². The van der Waals surface area contributed by atoms with Crippen molar-refractivity contribution in [3.63, 3.8) is 0 Å². The van der Waals surface area contributed by atoms with Crippen molar-refractivity contribution in [3.8, 4) is 0 Å². The third-order valence-corrected chi connectivity index (χ3v) is 4.07. The van der Waals surface area contributed by atoms with Gasteiger partial charge in [0.15, 0.2) is 12.2 Å². The summed E-state index contributed by atoms with van der Waals surface area (Å²) >= 11 is 0. The van der Waals surface area contributed by atoms with Crippen LogP contribution in [-0.4, -0.2) is 41.0 Å². The van der Waals surface area contributed by atoms with Crippen LogP contribution in [0.25, 0.3) is 0 Å². The topological polar surface area (TPSA) is 106 Å². The van der Waals surface area contributed by atoms with Crippen molar-refractivity contribution in [2.45, 2.75) is 33.0 Å². The molecule has 1 aromatic heterocycles. The zero-order valence-corrected chi connectivity index (χ0v) is 15.0. The largest absolute Gasteiger partial charge is 0.465 e. The molecule has 1 aromatic carbocycles. The average Bonchev–Trinajstić information content (AvgIpc) is 2.94. The Labute approximate surface area is 150 Å². The lowest BCUT2D eigenvalue weighted by molar-refractivity contribution is -0.156. The number of aryl methyl sites for hydroxylation is 1. The predicted molar refractivity (Wildman–Crippen MR) is 92.9 cm³/mol. The molecule has 0 bridgehead atoms. The van der Waals surface area contributed by atoms with E-state index in [4.69, 9.17) is 9.47 Å². The Balaban J connectivity index is 2.15. The fraction of sp³-hybridized carbons (Fsp3) is 0.316. The number of methoxy groups -OCH3 is 1. The van der Waals surface area contributed by atoms with Crippen molar-refractivity contribution >= 4 is 17.7 Å². The van der Waals surface area contributed by atoms with E-state index < -0.39 is 29.9 Å². The molecule has 0 saturated heterocycles. The van der Waals surface area contributed by atoms with Crippen molar-refractivity contribution in [2.75, 3.05) is 7.11 Å². The maximum atomic E-state index is 12.6. The molecular formula is C19H21NO6. The Hall–Kier alpha value is -2.93. The number of carbonyl (C=O) groups excluding carboxylic acids is 3. The third-order valence-electron chi connectivity index (χ3n) is 4.07. The molecule has 0 radical (unpaired) electrons. The summed E-state index contributed by atoms with van der Waals surface area (Å²) in [5.41, 5.74) is 1.72. The van der Waals surface area contributed by atoms with Crippen LogP contribution in [0.4, 0.5) is 0 Å². The van der Waals surface area contributed by atoms with Crippen LogP contribution in [0.15, 0.2) is 30.3 Å². The van der Waals surface area contributed by atoms with Crippen LogP contribution >= 0.6 is 0 Å². The van der Waals surface area contributed by atoms with Gasteiger partial charge in [0.25, 0.3) is 0 Å². The second kappa shape index (κ2) is 7.97. The molecule has 0 saturated carbocycles. The van der Waals surface area contributed by atoms with Crippen LogP contribution in [0.5, 0.6) is 0 Å². The number of aromatic amines is 1. The number of hydrogen-bond donors (Lipinski definition) is 2. The van der Waals surface area contributed by atoms with Crippen molar-refractivity contribution in [3.05, 3.63) is 58.4 Å². The van der Waals surface area contributed by atoms with Gasteiger partial charge in [0, 0.05) is 5.69 Å². The monoisotopic (exact) mass is 359 g/mol. The van der Waals surface area contributed by atoms with Gasteiger partial charge in [0.05, 0.1) is 18.4 Å². The van der Waals surface area contributed by atoms with Crippen molar-refractivity contribution in [1.82, 2.24) is 4.98 Å². The minimum atomic E-state index is -1.48. The van der Waals surface area contributed by atoms with E-state index in [2.05, 4.69) is 4.98 Å². The number of aliphatic hydroxyl groups is 1.